The summed E-state index contributed by atoms with van der Waals surface area (Å²) in [5.74, 6) is -0.792. The molecule has 21 heavy (non-hydrogen) atoms. The highest BCUT2D eigenvalue weighted by Crippen LogP contribution is 2.19. The number of likely N-dealkylation sites (tertiary alicyclic amines) is 1. The molecule has 0 atom stereocenters. The van der Waals surface area contributed by atoms with Crippen molar-refractivity contribution in [2.45, 2.75) is 39.2 Å². The van der Waals surface area contributed by atoms with Gasteiger partial charge in [-0.1, -0.05) is 6.92 Å². The summed E-state index contributed by atoms with van der Waals surface area (Å²) < 4.78 is 22.6. The summed E-state index contributed by atoms with van der Waals surface area (Å²) >= 11 is 0. The number of rotatable bonds is 6. The monoisotopic (exact) mass is 322 g/mol. The molecule has 1 aliphatic heterocycles. The fourth-order valence-electron chi connectivity index (χ4n) is 2.10. The van der Waals surface area contributed by atoms with E-state index in [0.717, 1.165) is 13.1 Å². The van der Waals surface area contributed by atoms with Gasteiger partial charge in [0, 0.05) is 17.8 Å². The molecule has 0 saturated carbocycles. The molecule has 0 unspecified atom stereocenters. The van der Waals surface area contributed by atoms with Crippen molar-refractivity contribution in [1.82, 2.24) is 10.2 Å². The number of carbonyl (C=O) groups excluding carboxylic acids is 1. The van der Waals surface area contributed by atoms with Crippen LogP contribution in [0.1, 0.15) is 33.6 Å². The van der Waals surface area contributed by atoms with Crippen molar-refractivity contribution in [3.8, 4) is 0 Å². The van der Waals surface area contributed by atoms with Crippen molar-refractivity contribution in [3.63, 3.8) is 0 Å². The average molecular weight is 322 g/mol. The van der Waals surface area contributed by atoms with Crippen molar-refractivity contribution in [2.75, 3.05) is 31.1 Å². The van der Waals surface area contributed by atoms with Crippen LogP contribution in [0, 0.1) is 0 Å². The molecular formula is C13H26N2O5S. The Balaban J connectivity index is 0.00000122. The first-order valence-electron chi connectivity index (χ1n) is 6.98. The van der Waals surface area contributed by atoms with E-state index in [-0.39, 0.29) is 17.8 Å². The number of hydrogen-bond acceptors (Lipinski definition) is 5. The Morgan fingerprint density at radius 3 is 2.24 bits per heavy atom. The Kier molecular flexibility index (Phi) is 8.50. The minimum Gasteiger partial charge on any atom is -0.483 e. The standard InChI is InChI=1S/C12H24N2O3S.CH2O2/c1-4-18(16,17)9-11(15)13-10-12(2,3)14-7-5-6-8-14;2-1-3/h4-10H2,1-3H3,(H,13,15);1H,(H,2,3). The summed E-state index contributed by atoms with van der Waals surface area (Å²) in [7, 11) is -3.23. The predicted molar refractivity (Wildman–Crippen MR) is 80.9 cm³/mol. The Labute approximate surface area is 126 Å². The van der Waals surface area contributed by atoms with Gasteiger partial charge in [-0.15, -0.1) is 0 Å². The van der Waals surface area contributed by atoms with Crippen molar-refractivity contribution < 1.29 is 23.1 Å². The fourth-order valence-corrected chi connectivity index (χ4v) is 2.81. The molecule has 1 aliphatic rings. The Morgan fingerprint density at radius 1 is 1.33 bits per heavy atom. The number of carbonyl (C=O) groups is 2. The van der Waals surface area contributed by atoms with Gasteiger partial charge in [0.25, 0.3) is 6.47 Å². The third kappa shape index (κ3) is 8.01. The predicted octanol–water partition coefficient (Wildman–Crippen LogP) is 0.113. The largest absolute Gasteiger partial charge is 0.483 e. The first-order chi connectivity index (χ1) is 9.68. The van der Waals surface area contributed by atoms with Gasteiger partial charge in [0.05, 0.1) is 0 Å². The number of sulfone groups is 1. The third-order valence-corrected chi connectivity index (χ3v) is 5.05. The molecule has 0 bridgehead atoms. The molecule has 1 amide bonds. The summed E-state index contributed by atoms with van der Waals surface area (Å²) in [6, 6.07) is 0. The summed E-state index contributed by atoms with van der Waals surface area (Å²) in [5.41, 5.74) is -0.109. The van der Waals surface area contributed by atoms with Gasteiger partial charge in [-0.05, 0) is 39.8 Å². The van der Waals surface area contributed by atoms with Crippen LogP contribution in [0.3, 0.4) is 0 Å². The van der Waals surface area contributed by atoms with E-state index < -0.39 is 21.5 Å². The molecule has 7 nitrogen and oxygen atoms in total. The fraction of sp³-hybridized carbons (Fsp3) is 0.846. The molecule has 0 aliphatic carbocycles. The van der Waals surface area contributed by atoms with Gasteiger partial charge in [0.1, 0.15) is 5.75 Å². The van der Waals surface area contributed by atoms with Gasteiger partial charge >= 0.3 is 0 Å². The summed E-state index contributed by atoms with van der Waals surface area (Å²) in [4.78, 5) is 22.3. The quantitative estimate of drug-likeness (QED) is 0.673. The molecule has 2 N–H and O–H groups in total. The lowest BCUT2D eigenvalue weighted by molar-refractivity contribution is -0.123. The zero-order chi connectivity index (χ0) is 16.5. The molecule has 1 fully saturated rings. The van der Waals surface area contributed by atoms with Crippen molar-refractivity contribution >= 4 is 22.2 Å². The topological polar surface area (TPSA) is 104 Å². The van der Waals surface area contributed by atoms with E-state index in [4.69, 9.17) is 9.90 Å². The van der Waals surface area contributed by atoms with Crippen molar-refractivity contribution in [1.29, 1.82) is 0 Å². The SMILES string of the molecule is CCS(=O)(=O)CC(=O)NCC(C)(C)N1CCCC1.O=CO. The van der Waals surface area contributed by atoms with E-state index in [1.165, 1.54) is 12.8 Å². The lowest BCUT2D eigenvalue weighted by atomic mass is 10.0. The van der Waals surface area contributed by atoms with Gasteiger partial charge in [0.15, 0.2) is 9.84 Å². The maximum Gasteiger partial charge on any atom is 0.290 e. The van der Waals surface area contributed by atoms with Crippen molar-refractivity contribution in [3.05, 3.63) is 0 Å². The molecular weight excluding hydrogens is 296 g/mol. The minimum absolute atomic E-state index is 0.00986. The van der Waals surface area contributed by atoms with Crippen LogP contribution in [0.25, 0.3) is 0 Å². The maximum absolute atomic E-state index is 11.6. The van der Waals surface area contributed by atoms with Crippen LogP contribution in [-0.2, 0) is 19.4 Å². The van der Waals surface area contributed by atoms with Crippen molar-refractivity contribution in [2.24, 2.45) is 0 Å². The molecule has 0 aromatic heterocycles. The minimum atomic E-state index is -3.23. The number of nitrogens with zero attached hydrogens (tertiary/aromatic N) is 1. The van der Waals surface area contributed by atoms with Gasteiger partial charge in [-0.3, -0.25) is 14.5 Å². The zero-order valence-corrected chi connectivity index (χ0v) is 13.8. The smallest absolute Gasteiger partial charge is 0.290 e. The van der Waals surface area contributed by atoms with Crippen LogP contribution < -0.4 is 5.32 Å². The molecule has 1 heterocycles. The van der Waals surface area contributed by atoms with E-state index in [9.17, 15) is 13.2 Å². The van der Waals surface area contributed by atoms with Gasteiger partial charge in [-0.2, -0.15) is 0 Å². The maximum atomic E-state index is 11.6. The molecule has 0 spiro atoms. The van der Waals surface area contributed by atoms with Gasteiger partial charge in [0.2, 0.25) is 5.91 Å². The first kappa shape index (κ1) is 19.9. The number of amides is 1. The number of nitrogens with one attached hydrogen (secondary N) is 1. The highest BCUT2D eigenvalue weighted by molar-refractivity contribution is 7.92. The molecule has 1 rings (SSSR count). The van der Waals surface area contributed by atoms with Gasteiger partial charge < -0.3 is 10.4 Å². The summed E-state index contributed by atoms with van der Waals surface area (Å²) in [6.45, 7) is 8.05. The summed E-state index contributed by atoms with van der Waals surface area (Å²) in [6.07, 6.45) is 2.39. The molecule has 8 heteroatoms. The molecule has 0 aromatic carbocycles. The molecule has 124 valence electrons. The first-order valence-corrected chi connectivity index (χ1v) is 8.80. The normalized spacial score (nSPS) is 16.0. The van der Waals surface area contributed by atoms with Crippen LogP contribution in [0.4, 0.5) is 0 Å². The third-order valence-electron chi connectivity index (χ3n) is 3.47. The Morgan fingerprint density at radius 2 is 1.81 bits per heavy atom. The van der Waals surface area contributed by atoms with Crippen LogP contribution in [0.15, 0.2) is 0 Å². The lowest BCUT2D eigenvalue weighted by Crippen LogP contribution is -2.51. The molecule has 1 saturated heterocycles. The van der Waals surface area contributed by atoms with Crippen LogP contribution in [-0.4, -0.2) is 67.5 Å². The number of hydrogen-bond donors (Lipinski definition) is 2. The van der Waals surface area contributed by atoms with Crippen LogP contribution in [0.5, 0.6) is 0 Å². The number of carboxylic acid groups (broad SMARTS) is 1. The highest BCUT2D eigenvalue weighted by Gasteiger charge is 2.29. The van der Waals surface area contributed by atoms with Gasteiger partial charge in [-0.25, -0.2) is 8.42 Å². The second kappa shape index (κ2) is 8.99. The van der Waals surface area contributed by atoms with E-state index in [2.05, 4.69) is 24.1 Å². The van der Waals surface area contributed by atoms with E-state index in [1.807, 2.05) is 0 Å². The molecule has 0 radical (unpaired) electrons. The van der Waals surface area contributed by atoms with E-state index in [1.54, 1.807) is 6.92 Å². The lowest BCUT2D eigenvalue weighted by Gasteiger charge is -2.35. The van der Waals surface area contributed by atoms with E-state index >= 15 is 0 Å². The Hall–Kier alpha value is -1.15. The summed E-state index contributed by atoms with van der Waals surface area (Å²) in [5, 5.41) is 9.62. The second-order valence-corrected chi connectivity index (χ2v) is 7.92. The van der Waals surface area contributed by atoms with Crippen LogP contribution in [0.2, 0.25) is 0 Å². The molecule has 0 aromatic rings. The van der Waals surface area contributed by atoms with E-state index in [0.29, 0.717) is 6.54 Å². The van der Waals surface area contributed by atoms with Crippen LogP contribution >= 0.6 is 0 Å². The Bertz CT molecular complexity index is 428. The average Bonchev–Trinajstić information content (AvgIpc) is 2.92. The second-order valence-electron chi connectivity index (χ2n) is 5.57. The highest BCUT2D eigenvalue weighted by atomic mass is 32.2. The zero-order valence-electron chi connectivity index (χ0n) is 13.0.